The Hall–Kier alpha value is -3.64. The molecule has 29 heavy (non-hydrogen) atoms. The lowest BCUT2D eigenvalue weighted by Gasteiger charge is -2.12. The quantitative estimate of drug-likeness (QED) is 0.446. The van der Waals surface area contributed by atoms with Gasteiger partial charge in [-0.3, -0.25) is 9.78 Å². The van der Waals surface area contributed by atoms with E-state index in [1.54, 1.807) is 18.3 Å². The highest BCUT2D eigenvalue weighted by Gasteiger charge is 2.11. The van der Waals surface area contributed by atoms with Gasteiger partial charge < -0.3 is 20.6 Å². The molecule has 2 heterocycles. The average molecular weight is 387 g/mol. The first kappa shape index (κ1) is 18.7. The van der Waals surface area contributed by atoms with Gasteiger partial charge in [0.1, 0.15) is 12.4 Å². The smallest absolute Gasteiger partial charge is 0.307 e. The standard InChI is InChI=1S/C23H21N3O3/c24-13-18-11-16(5-7-25-18)20-9-15(10-21-19(20)6-8-26-21)14-29-22-4-2-1-3-17(22)12-23(27)28/h1-11,26H,12-14,24H2,(H,27,28). The first-order valence-corrected chi connectivity index (χ1v) is 9.32. The van der Waals surface area contributed by atoms with E-state index in [1.807, 2.05) is 42.6 Å². The lowest BCUT2D eigenvalue weighted by Crippen LogP contribution is -2.04. The third-order valence-electron chi connectivity index (χ3n) is 4.77. The van der Waals surface area contributed by atoms with E-state index in [1.165, 1.54) is 0 Å². The van der Waals surface area contributed by atoms with Crippen molar-refractivity contribution in [1.29, 1.82) is 0 Å². The van der Waals surface area contributed by atoms with Gasteiger partial charge in [-0.05, 0) is 53.1 Å². The fourth-order valence-corrected chi connectivity index (χ4v) is 3.42. The summed E-state index contributed by atoms with van der Waals surface area (Å²) in [5.74, 6) is -0.304. The summed E-state index contributed by atoms with van der Waals surface area (Å²) in [7, 11) is 0. The second kappa shape index (κ2) is 8.16. The number of ether oxygens (including phenoxy) is 1. The molecule has 6 heteroatoms. The van der Waals surface area contributed by atoms with E-state index in [0.29, 0.717) is 24.5 Å². The van der Waals surface area contributed by atoms with Crippen molar-refractivity contribution in [1.82, 2.24) is 9.97 Å². The lowest BCUT2D eigenvalue weighted by molar-refractivity contribution is -0.136. The number of benzene rings is 2. The van der Waals surface area contributed by atoms with E-state index in [-0.39, 0.29) is 6.42 Å². The minimum absolute atomic E-state index is 0.0734. The Morgan fingerprint density at radius 3 is 2.83 bits per heavy atom. The second-order valence-corrected chi connectivity index (χ2v) is 6.79. The molecule has 0 aliphatic carbocycles. The molecule has 0 atom stereocenters. The predicted octanol–water partition coefficient (Wildman–Crippen LogP) is 3.89. The van der Waals surface area contributed by atoms with Crippen molar-refractivity contribution in [2.75, 3.05) is 0 Å². The normalized spacial score (nSPS) is 10.9. The van der Waals surface area contributed by atoms with E-state index < -0.39 is 5.97 Å². The highest BCUT2D eigenvalue weighted by atomic mass is 16.5. The topological polar surface area (TPSA) is 101 Å². The number of aromatic nitrogens is 2. The van der Waals surface area contributed by atoms with Crippen LogP contribution in [0.1, 0.15) is 16.8 Å². The largest absolute Gasteiger partial charge is 0.489 e. The minimum atomic E-state index is -0.885. The molecule has 0 unspecified atom stereocenters. The van der Waals surface area contributed by atoms with Gasteiger partial charge in [0.05, 0.1) is 12.1 Å². The molecule has 4 rings (SSSR count). The number of rotatable bonds is 7. The number of nitrogens with two attached hydrogens (primary N) is 1. The van der Waals surface area contributed by atoms with Crippen LogP contribution in [-0.2, 0) is 24.4 Å². The van der Waals surface area contributed by atoms with Crippen molar-refractivity contribution in [2.45, 2.75) is 19.6 Å². The summed E-state index contributed by atoms with van der Waals surface area (Å²) in [4.78, 5) is 18.6. The van der Waals surface area contributed by atoms with Crippen molar-refractivity contribution in [3.63, 3.8) is 0 Å². The first-order chi connectivity index (χ1) is 14.1. The molecule has 0 amide bonds. The van der Waals surface area contributed by atoms with Gasteiger partial charge in [0.15, 0.2) is 0 Å². The van der Waals surface area contributed by atoms with E-state index in [4.69, 9.17) is 15.6 Å². The number of nitrogens with one attached hydrogen (secondary N) is 1. The zero-order chi connectivity index (χ0) is 20.2. The monoisotopic (exact) mass is 387 g/mol. The molecule has 0 aliphatic rings. The Kier molecular flexibility index (Phi) is 5.27. The number of hydrogen-bond donors (Lipinski definition) is 3. The van der Waals surface area contributed by atoms with Crippen LogP contribution in [0.25, 0.3) is 22.0 Å². The van der Waals surface area contributed by atoms with Crippen molar-refractivity contribution in [3.8, 4) is 16.9 Å². The molecule has 2 aromatic heterocycles. The Morgan fingerprint density at radius 2 is 2.00 bits per heavy atom. The zero-order valence-electron chi connectivity index (χ0n) is 15.8. The molecule has 6 nitrogen and oxygen atoms in total. The number of H-pyrrole nitrogens is 1. The van der Waals surface area contributed by atoms with Crippen molar-refractivity contribution in [3.05, 3.63) is 83.8 Å². The number of aliphatic carboxylic acids is 1. The van der Waals surface area contributed by atoms with Gasteiger partial charge in [-0.15, -0.1) is 0 Å². The van der Waals surface area contributed by atoms with Crippen LogP contribution in [0.15, 0.2) is 67.0 Å². The fraction of sp³-hybridized carbons (Fsp3) is 0.130. The molecule has 4 N–H and O–H groups in total. The van der Waals surface area contributed by atoms with Gasteiger partial charge in [0, 0.05) is 35.4 Å². The van der Waals surface area contributed by atoms with Crippen LogP contribution in [0.3, 0.4) is 0 Å². The summed E-state index contributed by atoms with van der Waals surface area (Å²) in [5, 5.41) is 10.2. The summed E-state index contributed by atoms with van der Waals surface area (Å²) in [6.45, 7) is 0.709. The number of pyridine rings is 1. The molecule has 0 fully saturated rings. The van der Waals surface area contributed by atoms with Crippen LogP contribution in [0, 0.1) is 0 Å². The van der Waals surface area contributed by atoms with Crippen LogP contribution in [0.5, 0.6) is 5.75 Å². The van der Waals surface area contributed by atoms with Crippen molar-refractivity contribution < 1.29 is 14.6 Å². The maximum absolute atomic E-state index is 11.1. The molecule has 2 aromatic carbocycles. The fourth-order valence-electron chi connectivity index (χ4n) is 3.42. The van der Waals surface area contributed by atoms with Crippen LogP contribution in [-0.4, -0.2) is 21.0 Å². The number of carbonyl (C=O) groups is 1. The van der Waals surface area contributed by atoms with E-state index in [9.17, 15) is 4.79 Å². The van der Waals surface area contributed by atoms with Crippen LogP contribution < -0.4 is 10.5 Å². The number of hydrogen-bond acceptors (Lipinski definition) is 4. The number of nitrogens with zero attached hydrogens (tertiary/aromatic N) is 1. The summed E-state index contributed by atoms with van der Waals surface area (Å²) >= 11 is 0. The first-order valence-electron chi connectivity index (χ1n) is 9.32. The zero-order valence-corrected chi connectivity index (χ0v) is 15.8. The number of para-hydroxylation sites is 1. The SMILES string of the molecule is NCc1cc(-c2cc(COc3ccccc3CC(=O)O)cc3[nH]ccc23)ccn1. The van der Waals surface area contributed by atoms with Crippen LogP contribution in [0.2, 0.25) is 0 Å². The number of fused-ring (bicyclic) bond motifs is 1. The van der Waals surface area contributed by atoms with E-state index >= 15 is 0 Å². The van der Waals surface area contributed by atoms with Gasteiger partial charge in [-0.1, -0.05) is 18.2 Å². The number of aromatic amines is 1. The summed E-state index contributed by atoms with van der Waals surface area (Å²) in [6, 6.07) is 17.4. The van der Waals surface area contributed by atoms with Gasteiger partial charge >= 0.3 is 5.97 Å². The maximum Gasteiger partial charge on any atom is 0.307 e. The van der Waals surface area contributed by atoms with Crippen molar-refractivity contribution in [2.24, 2.45) is 5.73 Å². The lowest BCUT2D eigenvalue weighted by atomic mass is 9.99. The third kappa shape index (κ3) is 4.12. The summed E-state index contributed by atoms with van der Waals surface area (Å²) in [5.41, 5.74) is 11.3. The molecule has 0 bridgehead atoms. The summed E-state index contributed by atoms with van der Waals surface area (Å²) in [6.07, 6.45) is 3.60. The predicted molar refractivity (Wildman–Crippen MR) is 112 cm³/mol. The Bertz CT molecular complexity index is 1170. The highest BCUT2D eigenvalue weighted by Crippen LogP contribution is 2.31. The molecule has 0 saturated carbocycles. The van der Waals surface area contributed by atoms with Crippen molar-refractivity contribution >= 4 is 16.9 Å². The average Bonchev–Trinajstić information content (AvgIpc) is 3.21. The Morgan fingerprint density at radius 1 is 1.14 bits per heavy atom. The number of carboxylic acids is 1. The van der Waals surface area contributed by atoms with Crippen LogP contribution in [0.4, 0.5) is 0 Å². The van der Waals surface area contributed by atoms with Gasteiger partial charge in [0.2, 0.25) is 0 Å². The van der Waals surface area contributed by atoms with Gasteiger partial charge in [-0.2, -0.15) is 0 Å². The molecular weight excluding hydrogens is 366 g/mol. The molecule has 146 valence electrons. The van der Waals surface area contributed by atoms with E-state index in [2.05, 4.69) is 16.0 Å². The maximum atomic E-state index is 11.1. The summed E-state index contributed by atoms with van der Waals surface area (Å²) < 4.78 is 5.98. The minimum Gasteiger partial charge on any atom is -0.489 e. The third-order valence-corrected chi connectivity index (χ3v) is 4.77. The molecule has 0 spiro atoms. The van der Waals surface area contributed by atoms with Gasteiger partial charge in [0.25, 0.3) is 0 Å². The van der Waals surface area contributed by atoms with Crippen LogP contribution >= 0.6 is 0 Å². The molecular formula is C23H21N3O3. The molecule has 4 aromatic rings. The Labute approximate surface area is 168 Å². The molecule has 0 saturated heterocycles. The number of carboxylic acid groups (broad SMARTS) is 1. The van der Waals surface area contributed by atoms with E-state index in [0.717, 1.165) is 33.3 Å². The molecule has 0 radical (unpaired) electrons. The van der Waals surface area contributed by atoms with Gasteiger partial charge in [-0.25, -0.2) is 0 Å². The second-order valence-electron chi connectivity index (χ2n) is 6.79. The molecule has 0 aliphatic heterocycles. The Balaban J connectivity index is 1.67. The highest BCUT2D eigenvalue weighted by molar-refractivity contribution is 5.95.